The van der Waals surface area contributed by atoms with Crippen molar-refractivity contribution in [2.24, 2.45) is 0 Å². The van der Waals surface area contributed by atoms with Crippen molar-refractivity contribution in [2.75, 3.05) is 0 Å². The number of aryl methyl sites for hydroxylation is 1. The molecular weight excluding hydrogens is 216 g/mol. The quantitative estimate of drug-likeness (QED) is 0.841. The summed E-state index contributed by atoms with van der Waals surface area (Å²) < 4.78 is 1.42. The van der Waals surface area contributed by atoms with Gasteiger partial charge in [-0.15, -0.1) is 0 Å². The molecule has 1 heterocycles. The van der Waals surface area contributed by atoms with Crippen molar-refractivity contribution in [3.05, 3.63) is 34.2 Å². The number of hydrogen-bond donors (Lipinski definition) is 1. The van der Waals surface area contributed by atoms with E-state index in [4.69, 9.17) is 0 Å². The summed E-state index contributed by atoms with van der Waals surface area (Å²) >= 11 is 0. The monoisotopic (exact) mass is 236 g/mol. The van der Waals surface area contributed by atoms with Gasteiger partial charge in [-0.1, -0.05) is 13.3 Å². The number of hydrogen-bond acceptors (Lipinski definition) is 2. The molecule has 17 heavy (non-hydrogen) atoms. The van der Waals surface area contributed by atoms with Crippen LogP contribution in [0.1, 0.15) is 32.3 Å². The summed E-state index contributed by atoms with van der Waals surface area (Å²) in [7, 11) is 0. The Balaban J connectivity index is 2.59. The molecule has 0 aliphatic rings. The fourth-order valence-corrected chi connectivity index (χ4v) is 1.72. The third-order valence-corrected chi connectivity index (χ3v) is 2.59. The van der Waals surface area contributed by atoms with E-state index in [9.17, 15) is 9.59 Å². The largest absolute Gasteiger partial charge is 0.352 e. The van der Waals surface area contributed by atoms with Crippen LogP contribution in [-0.4, -0.2) is 16.5 Å². The fourth-order valence-electron chi connectivity index (χ4n) is 1.72. The molecule has 0 saturated carbocycles. The Morgan fingerprint density at radius 2 is 2.24 bits per heavy atom. The van der Waals surface area contributed by atoms with E-state index in [0.29, 0.717) is 0 Å². The van der Waals surface area contributed by atoms with Crippen LogP contribution in [0.25, 0.3) is 0 Å². The molecule has 1 amide bonds. The maximum Gasteiger partial charge on any atom is 0.251 e. The molecule has 1 unspecified atom stereocenters. The van der Waals surface area contributed by atoms with Gasteiger partial charge in [0.2, 0.25) is 5.91 Å². The molecule has 0 spiro atoms. The van der Waals surface area contributed by atoms with Gasteiger partial charge in [0.15, 0.2) is 0 Å². The third kappa shape index (κ3) is 4.43. The molecule has 1 N–H and O–H groups in total. The minimum Gasteiger partial charge on any atom is -0.352 e. The third-order valence-electron chi connectivity index (χ3n) is 2.59. The van der Waals surface area contributed by atoms with E-state index < -0.39 is 0 Å². The van der Waals surface area contributed by atoms with Gasteiger partial charge in [-0.25, -0.2) is 0 Å². The normalized spacial score (nSPS) is 12.2. The molecule has 0 aromatic carbocycles. The van der Waals surface area contributed by atoms with E-state index in [1.54, 1.807) is 6.20 Å². The average molecular weight is 236 g/mol. The van der Waals surface area contributed by atoms with E-state index in [0.717, 1.165) is 18.4 Å². The molecule has 1 rings (SSSR count). The first-order chi connectivity index (χ1) is 8.02. The second-order valence-corrected chi connectivity index (χ2v) is 4.43. The Bertz CT molecular complexity index is 437. The second kappa shape index (κ2) is 6.23. The second-order valence-electron chi connectivity index (χ2n) is 4.43. The Kier molecular flexibility index (Phi) is 4.94. The molecule has 1 aromatic rings. The highest BCUT2D eigenvalue weighted by Crippen LogP contribution is 1.95. The minimum atomic E-state index is -0.136. The van der Waals surface area contributed by atoms with E-state index in [1.165, 1.54) is 10.6 Å². The van der Waals surface area contributed by atoms with Gasteiger partial charge >= 0.3 is 0 Å². The molecule has 1 aromatic heterocycles. The van der Waals surface area contributed by atoms with Crippen molar-refractivity contribution < 1.29 is 4.79 Å². The van der Waals surface area contributed by atoms with Gasteiger partial charge in [-0.05, 0) is 31.9 Å². The van der Waals surface area contributed by atoms with Gasteiger partial charge in [-0.3, -0.25) is 9.59 Å². The molecule has 0 aliphatic carbocycles. The minimum absolute atomic E-state index is 0.0904. The first-order valence-corrected chi connectivity index (χ1v) is 5.99. The molecule has 0 saturated heterocycles. The molecule has 4 nitrogen and oxygen atoms in total. The van der Waals surface area contributed by atoms with Crippen molar-refractivity contribution >= 4 is 5.91 Å². The first kappa shape index (κ1) is 13.5. The number of carbonyl (C=O) groups excluding carboxylic acids is 1. The molecule has 0 radical (unpaired) electrons. The number of pyridine rings is 1. The number of aromatic nitrogens is 1. The van der Waals surface area contributed by atoms with Crippen molar-refractivity contribution in [3.63, 3.8) is 0 Å². The summed E-state index contributed by atoms with van der Waals surface area (Å²) in [5.74, 6) is -0.114. The summed E-state index contributed by atoms with van der Waals surface area (Å²) in [5, 5.41) is 2.87. The van der Waals surface area contributed by atoms with Crippen molar-refractivity contribution in [1.82, 2.24) is 9.88 Å². The highest BCUT2D eigenvalue weighted by molar-refractivity contribution is 5.75. The molecule has 4 heteroatoms. The van der Waals surface area contributed by atoms with Crippen LogP contribution in [0.2, 0.25) is 0 Å². The van der Waals surface area contributed by atoms with Crippen molar-refractivity contribution in [1.29, 1.82) is 0 Å². The van der Waals surface area contributed by atoms with Gasteiger partial charge in [0, 0.05) is 18.3 Å². The van der Waals surface area contributed by atoms with Crippen LogP contribution in [-0.2, 0) is 11.3 Å². The lowest BCUT2D eigenvalue weighted by atomic mass is 10.2. The van der Waals surface area contributed by atoms with Crippen LogP contribution < -0.4 is 10.9 Å². The smallest absolute Gasteiger partial charge is 0.251 e. The van der Waals surface area contributed by atoms with E-state index in [1.807, 2.05) is 19.9 Å². The maximum atomic E-state index is 11.7. The van der Waals surface area contributed by atoms with E-state index >= 15 is 0 Å². The van der Waals surface area contributed by atoms with Crippen LogP contribution in [0.4, 0.5) is 0 Å². The van der Waals surface area contributed by atoms with Gasteiger partial charge in [0.1, 0.15) is 6.54 Å². The predicted octanol–water partition coefficient (Wildman–Crippen LogP) is 1.46. The Morgan fingerprint density at radius 1 is 1.53 bits per heavy atom. The molecule has 0 bridgehead atoms. The van der Waals surface area contributed by atoms with Crippen molar-refractivity contribution in [2.45, 2.75) is 46.2 Å². The zero-order valence-electron chi connectivity index (χ0n) is 10.7. The Labute approximate surface area is 102 Å². The first-order valence-electron chi connectivity index (χ1n) is 5.99. The highest BCUT2D eigenvalue weighted by Gasteiger charge is 2.07. The summed E-state index contributed by atoms with van der Waals surface area (Å²) in [6.45, 7) is 5.99. The summed E-state index contributed by atoms with van der Waals surface area (Å²) in [6, 6.07) is 3.51. The highest BCUT2D eigenvalue weighted by atomic mass is 16.2. The molecule has 0 fully saturated rings. The summed E-state index contributed by atoms with van der Waals surface area (Å²) in [5.41, 5.74) is 0.773. The zero-order valence-corrected chi connectivity index (χ0v) is 10.7. The molecule has 0 aliphatic heterocycles. The van der Waals surface area contributed by atoms with Crippen molar-refractivity contribution in [3.8, 4) is 0 Å². The zero-order chi connectivity index (χ0) is 12.8. The van der Waals surface area contributed by atoms with Gasteiger partial charge in [0.25, 0.3) is 5.56 Å². The Morgan fingerprint density at radius 3 is 2.82 bits per heavy atom. The predicted molar refractivity (Wildman–Crippen MR) is 68.0 cm³/mol. The number of nitrogens with one attached hydrogen (secondary N) is 1. The Hall–Kier alpha value is -1.58. The number of rotatable bonds is 5. The average Bonchev–Trinajstić information content (AvgIpc) is 2.22. The lowest BCUT2D eigenvalue weighted by Gasteiger charge is -2.13. The fraction of sp³-hybridized carbons (Fsp3) is 0.538. The summed E-state index contributed by atoms with van der Waals surface area (Å²) in [6.07, 6.45) is 3.64. The van der Waals surface area contributed by atoms with Gasteiger partial charge < -0.3 is 9.88 Å². The number of carbonyl (C=O) groups is 1. The SMILES string of the molecule is CCCC(C)NC(=O)Cn1ccc(C)cc1=O. The van der Waals surface area contributed by atoms with Crippen LogP contribution in [0.5, 0.6) is 0 Å². The van der Waals surface area contributed by atoms with E-state index in [2.05, 4.69) is 12.2 Å². The van der Waals surface area contributed by atoms with Crippen LogP contribution in [0, 0.1) is 6.92 Å². The lowest BCUT2D eigenvalue weighted by molar-refractivity contribution is -0.122. The summed E-state index contributed by atoms with van der Waals surface area (Å²) in [4.78, 5) is 23.2. The molecular formula is C13H20N2O2. The molecule has 94 valence electrons. The van der Waals surface area contributed by atoms with Crippen LogP contribution in [0.15, 0.2) is 23.1 Å². The number of nitrogens with zero attached hydrogens (tertiary/aromatic N) is 1. The lowest BCUT2D eigenvalue weighted by Crippen LogP contribution is -2.37. The van der Waals surface area contributed by atoms with Crippen LogP contribution >= 0.6 is 0 Å². The van der Waals surface area contributed by atoms with Gasteiger partial charge in [0.05, 0.1) is 0 Å². The standard InChI is InChI=1S/C13H20N2O2/c1-4-5-11(3)14-12(16)9-15-7-6-10(2)8-13(15)17/h6-8,11H,4-5,9H2,1-3H3,(H,14,16). The number of amides is 1. The molecule has 1 atom stereocenters. The van der Waals surface area contributed by atoms with Gasteiger partial charge in [-0.2, -0.15) is 0 Å². The van der Waals surface area contributed by atoms with E-state index in [-0.39, 0.29) is 24.1 Å². The topological polar surface area (TPSA) is 51.1 Å². The van der Waals surface area contributed by atoms with Crippen LogP contribution in [0.3, 0.4) is 0 Å². The maximum absolute atomic E-state index is 11.7.